The molecule has 0 saturated heterocycles. The zero-order valence-corrected chi connectivity index (χ0v) is 23.3. The van der Waals surface area contributed by atoms with Gasteiger partial charge in [-0.1, -0.05) is 47.1 Å². The van der Waals surface area contributed by atoms with Crippen LogP contribution in [0.15, 0.2) is 64.6 Å². The van der Waals surface area contributed by atoms with Crippen LogP contribution in [0.25, 0.3) is 0 Å². The van der Waals surface area contributed by atoms with E-state index in [-0.39, 0.29) is 12.3 Å². The van der Waals surface area contributed by atoms with E-state index in [1.165, 1.54) is 17.4 Å². The van der Waals surface area contributed by atoms with E-state index in [0.717, 1.165) is 23.3 Å². The Kier molecular flexibility index (Phi) is 14.6. The van der Waals surface area contributed by atoms with E-state index < -0.39 is 24.1 Å². The summed E-state index contributed by atoms with van der Waals surface area (Å²) in [5.41, 5.74) is 3.27. The van der Waals surface area contributed by atoms with Gasteiger partial charge in [-0.05, 0) is 61.2 Å². The monoisotopic (exact) mass is 516 g/mol. The zero-order chi connectivity index (χ0) is 27.1. The fraction of sp³-hybridized carbons (Fsp3) is 0.464. The lowest BCUT2D eigenvalue weighted by molar-refractivity contribution is -0.140. The Morgan fingerprint density at radius 3 is 2.50 bits per heavy atom. The lowest BCUT2D eigenvalue weighted by Gasteiger charge is -2.13. The summed E-state index contributed by atoms with van der Waals surface area (Å²) in [6, 6.07) is 0. The smallest absolute Gasteiger partial charge is 0.357 e. The average molecular weight is 517 g/mol. The summed E-state index contributed by atoms with van der Waals surface area (Å²) in [6.07, 6.45) is 12.6. The fourth-order valence-corrected chi connectivity index (χ4v) is 3.84. The van der Waals surface area contributed by atoms with Gasteiger partial charge in [0.2, 0.25) is 0 Å². The molecule has 0 aliphatic rings. The highest BCUT2D eigenvalue weighted by Crippen LogP contribution is 2.17. The molecule has 7 nitrogen and oxygen atoms in total. The third kappa shape index (κ3) is 13.9. The van der Waals surface area contributed by atoms with Crippen molar-refractivity contribution in [2.24, 2.45) is 0 Å². The minimum Gasteiger partial charge on any atom is -0.461 e. The molecule has 0 radical (unpaired) electrons. The molecule has 0 aliphatic heterocycles. The first-order valence-corrected chi connectivity index (χ1v) is 12.9. The SMILES string of the molecule is CCOC(=O)c1csc(C[C@@H](C=C(C)C=CC(C)=CCN(C)C)OC(=O)C=CC=C(C)C[C@H](C)O)n1. The second-order valence-electron chi connectivity index (χ2n) is 8.91. The third-order valence-electron chi connectivity index (χ3n) is 4.75. The van der Waals surface area contributed by atoms with Crippen LogP contribution in [0.2, 0.25) is 0 Å². The van der Waals surface area contributed by atoms with Crippen LogP contribution in [0.3, 0.4) is 0 Å². The van der Waals surface area contributed by atoms with Gasteiger partial charge in [0.05, 0.1) is 17.7 Å². The van der Waals surface area contributed by atoms with Gasteiger partial charge >= 0.3 is 11.9 Å². The summed E-state index contributed by atoms with van der Waals surface area (Å²) >= 11 is 1.33. The van der Waals surface area contributed by atoms with Gasteiger partial charge in [0.15, 0.2) is 5.69 Å². The summed E-state index contributed by atoms with van der Waals surface area (Å²) in [5, 5.41) is 11.8. The number of carbonyl (C=O) groups excluding carboxylic acids is 2. The van der Waals surface area contributed by atoms with Crippen molar-refractivity contribution >= 4 is 23.3 Å². The lowest BCUT2D eigenvalue weighted by Crippen LogP contribution is -2.18. The van der Waals surface area contributed by atoms with Crippen molar-refractivity contribution in [1.82, 2.24) is 9.88 Å². The largest absolute Gasteiger partial charge is 0.461 e. The Balaban J connectivity index is 3.02. The van der Waals surface area contributed by atoms with Crippen LogP contribution in [0, 0.1) is 0 Å². The summed E-state index contributed by atoms with van der Waals surface area (Å²) in [4.78, 5) is 30.9. The van der Waals surface area contributed by atoms with E-state index in [0.29, 0.717) is 17.8 Å². The Morgan fingerprint density at radius 1 is 1.17 bits per heavy atom. The summed E-state index contributed by atoms with van der Waals surface area (Å²) in [5.74, 6) is -0.955. The Labute approximate surface area is 219 Å². The van der Waals surface area contributed by atoms with Gasteiger partial charge in [0.1, 0.15) is 6.10 Å². The van der Waals surface area contributed by atoms with Crippen molar-refractivity contribution in [1.29, 1.82) is 0 Å². The number of ether oxygens (including phenoxy) is 2. The molecule has 1 N–H and O–H groups in total. The highest BCUT2D eigenvalue weighted by Gasteiger charge is 2.17. The quantitative estimate of drug-likeness (QED) is 0.210. The molecule has 1 heterocycles. The molecule has 198 valence electrons. The summed E-state index contributed by atoms with van der Waals surface area (Å²) in [6.45, 7) is 10.5. The molecular formula is C28H40N2O5S. The molecule has 0 spiro atoms. The van der Waals surface area contributed by atoms with Gasteiger partial charge in [0, 0.05) is 24.4 Å². The maximum Gasteiger partial charge on any atom is 0.357 e. The van der Waals surface area contributed by atoms with Crippen molar-refractivity contribution in [3.63, 3.8) is 0 Å². The van der Waals surface area contributed by atoms with E-state index in [9.17, 15) is 14.7 Å². The van der Waals surface area contributed by atoms with Crippen LogP contribution in [-0.2, 0) is 20.7 Å². The van der Waals surface area contributed by atoms with Gasteiger partial charge in [0.25, 0.3) is 0 Å². The molecule has 1 rings (SSSR count). The van der Waals surface area contributed by atoms with E-state index in [4.69, 9.17) is 9.47 Å². The van der Waals surface area contributed by atoms with E-state index in [1.807, 2.05) is 53.1 Å². The van der Waals surface area contributed by atoms with E-state index in [1.54, 1.807) is 31.4 Å². The molecule has 0 fully saturated rings. The second kappa shape index (κ2) is 16.8. The number of carbonyl (C=O) groups is 2. The number of aliphatic hydroxyl groups is 1. The number of aliphatic hydroxyl groups excluding tert-OH is 1. The Bertz CT molecular complexity index is 999. The molecule has 0 unspecified atom stereocenters. The zero-order valence-electron chi connectivity index (χ0n) is 22.5. The minimum absolute atomic E-state index is 0.253. The fourth-order valence-electron chi connectivity index (χ4n) is 3.03. The van der Waals surface area contributed by atoms with Crippen LogP contribution in [-0.4, -0.2) is 66.4 Å². The number of thiazole rings is 1. The normalized spacial score (nSPS) is 15.1. The number of likely N-dealkylation sites (N-methyl/N-ethyl adjacent to an activating group) is 1. The minimum atomic E-state index is -0.568. The number of nitrogens with zero attached hydrogens (tertiary/aromatic N) is 2. The van der Waals surface area contributed by atoms with Crippen molar-refractivity contribution < 1.29 is 24.2 Å². The maximum absolute atomic E-state index is 12.5. The van der Waals surface area contributed by atoms with Crippen LogP contribution in [0.4, 0.5) is 0 Å². The summed E-state index contributed by atoms with van der Waals surface area (Å²) in [7, 11) is 4.03. The van der Waals surface area contributed by atoms with Gasteiger partial charge in [-0.25, -0.2) is 14.6 Å². The van der Waals surface area contributed by atoms with Crippen molar-refractivity contribution in [2.75, 3.05) is 27.2 Å². The van der Waals surface area contributed by atoms with Crippen molar-refractivity contribution in [3.05, 3.63) is 75.3 Å². The van der Waals surface area contributed by atoms with Gasteiger partial charge in [-0.3, -0.25) is 0 Å². The lowest BCUT2D eigenvalue weighted by atomic mass is 10.1. The van der Waals surface area contributed by atoms with E-state index in [2.05, 4.69) is 16.0 Å². The third-order valence-corrected chi connectivity index (χ3v) is 5.62. The maximum atomic E-state index is 12.5. The van der Waals surface area contributed by atoms with E-state index >= 15 is 0 Å². The molecule has 8 heteroatoms. The first kappa shape index (κ1) is 31.2. The number of allylic oxidation sites excluding steroid dienone is 6. The number of esters is 2. The number of hydrogen-bond donors (Lipinski definition) is 1. The Morgan fingerprint density at radius 2 is 1.86 bits per heavy atom. The highest BCUT2D eigenvalue weighted by atomic mass is 32.1. The molecule has 0 aliphatic carbocycles. The van der Waals surface area contributed by atoms with Gasteiger partial charge in [-0.2, -0.15) is 0 Å². The molecule has 2 atom stereocenters. The molecule has 0 amide bonds. The van der Waals surface area contributed by atoms with Crippen molar-refractivity contribution in [2.45, 2.75) is 59.7 Å². The Hall–Kier alpha value is -2.81. The molecule has 0 bridgehead atoms. The molecule has 0 aromatic carbocycles. The molecule has 0 saturated carbocycles. The first-order valence-electron chi connectivity index (χ1n) is 12.0. The summed E-state index contributed by atoms with van der Waals surface area (Å²) < 4.78 is 10.7. The molecule has 1 aromatic rings. The number of rotatable bonds is 14. The first-order chi connectivity index (χ1) is 17.0. The molecule has 36 heavy (non-hydrogen) atoms. The van der Waals surface area contributed by atoms with Gasteiger partial charge in [-0.15, -0.1) is 11.3 Å². The predicted octanol–water partition coefficient (Wildman–Crippen LogP) is 5.06. The number of aromatic nitrogens is 1. The molecule has 1 aromatic heterocycles. The number of hydrogen-bond acceptors (Lipinski definition) is 8. The van der Waals surface area contributed by atoms with Gasteiger partial charge < -0.3 is 19.5 Å². The van der Waals surface area contributed by atoms with Crippen LogP contribution in [0.1, 0.15) is 56.5 Å². The van der Waals surface area contributed by atoms with Crippen LogP contribution >= 0.6 is 11.3 Å². The van der Waals surface area contributed by atoms with Crippen molar-refractivity contribution in [3.8, 4) is 0 Å². The average Bonchev–Trinajstić information content (AvgIpc) is 3.24. The topological polar surface area (TPSA) is 89.0 Å². The predicted molar refractivity (Wildman–Crippen MR) is 146 cm³/mol. The van der Waals surface area contributed by atoms with Crippen LogP contribution < -0.4 is 0 Å². The van der Waals surface area contributed by atoms with Crippen LogP contribution in [0.5, 0.6) is 0 Å². The molecular weight excluding hydrogens is 476 g/mol. The highest BCUT2D eigenvalue weighted by molar-refractivity contribution is 7.09. The second-order valence-corrected chi connectivity index (χ2v) is 9.85. The standard InChI is InChI=1S/C28H40N2O5S/c1-8-34-28(33)25-19-36-26(29-25)18-24(17-22(4)13-12-20(2)14-15-30(6)7)35-27(32)11-9-10-21(3)16-23(5)31/h9-14,17,19,23-24,31H,8,15-16,18H2,1-7H3/t23-,24+/m0/s1.